The maximum atomic E-state index is 9.31. The largest absolute Gasteiger partial charge is 0.392 e. The highest BCUT2D eigenvalue weighted by atomic mass is 16.3. The van der Waals surface area contributed by atoms with E-state index in [2.05, 4.69) is 11.0 Å². The quantitative estimate of drug-likeness (QED) is 0.739. The van der Waals surface area contributed by atoms with Crippen LogP contribution in [0.5, 0.6) is 0 Å². The number of hydrogen-bond acceptors (Lipinski definition) is 3. The Balaban J connectivity index is 2.13. The maximum Gasteiger partial charge on any atom is 0.0683 e. The number of nitriles is 1. The Morgan fingerprint density at radius 3 is 2.79 bits per heavy atom. The van der Waals surface area contributed by atoms with Crippen LogP contribution in [0.25, 0.3) is 0 Å². The first-order valence-electron chi connectivity index (χ1n) is 5.35. The van der Waals surface area contributed by atoms with Crippen LogP contribution in [0.15, 0.2) is 0 Å². The van der Waals surface area contributed by atoms with Crippen molar-refractivity contribution in [2.24, 2.45) is 5.41 Å². The van der Waals surface area contributed by atoms with Gasteiger partial charge in [-0.3, -0.25) is 0 Å². The molecule has 0 aromatic heterocycles. The van der Waals surface area contributed by atoms with Crippen molar-refractivity contribution >= 4 is 0 Å². The van der Waals surface area contributed by atoms with Crippen LogP contribution in [0.3, 0.4) is 0 Å². The lowest BCUT2D eigenvalue weighted by Gasteiger charge is -2.18. The van der Waals surface area contributed by atoms with E-state index in [1.54, 1.807) is 0 Å². The van der Waals surface area contributed by atoms with Gasteiger partial charge in [0.25, 0.3) is 0 Å². The molecule has 0 amide bonds. The minimum Gasteiger partial charge on any atom is -0.392 e. The van der Waals surface area contributed by atoms with Gasteiger partial charge in [-0.25, -0.2) is 0 Å². The summed E-state index contributed by atoms with van der Waals surface area (Å²) < 4.78 is 0. The molecule has 0 unspecified atom stereocenters. The van der Waals surface area contributed by atoms with Gasteiger partial charge in [-0.15, -0.1) is 0 Å². The molecular weight excluding hydrogens is 176 g/mol. The van der Waals surface area contributed by atoms with Crippen LogP contribution in [0.4, 0.5) is 0 Å². The van der Waals surface area contributed by atoms with Crippen molar-refractivity contribution in [2.45, 2.75) is 39.2 Å². The van der Waals surface area contributed by atoms with Gasteiger partial charge in [0.2, 0.25) is 0 Å². The lowest BCUT2D eigenvalue weighted by atomic mass is 9.90. The van der Waals surface area contributed by atoms with Crippen LogP contribution in [-0.2, 0) is 0 Å². The number of hydrogen-bond donors (Lipinski definition) is 1. The molecule has 0 aromatic rings. The highest BCUT2D eigenvalue weighted by Gasteiger charge is 2.21. The summed E-state index contributed by atoms with van der Waals surface area (Å²) in [5.74, 6) is 0. The molecule has 3 heteroatoms. The summed E-state index contributed by atoms with van der Waals surface area (Å²) in [4.78, 5) is 2.28. The topological polar surface area (TPSA) is 47.3 Å². The molecule has 1 aliphatic rings. The second-order valence-electron chi connectivity index (χ2n) is 4.84. The third-order valence-corrected chi connectivity index (χ3v) is 2.83. The van der Waals surface area contributed by atoms with Gasteiger partial charge in [-0.05, 0) is 39.7 Å². The zero-order chi connectivity index (χ0) is 10.6. The van der Waals surface area contributed by atoms with E-state index in [-0.39, 0.29) is 11.5 Å². The minimum absolute atomic E-state index is 0.126. The summed E-state index contributed by atoms with van der Waals surface area (Å²) in [5.41, 5.74) is -0.196. The van der Waals surface area contributed by atoms with Crippen LogP contribution in [0.1, 0.15) is 33.1 Å². The second kappa shape index (κ2) is 4.77. The SMILES string of the molecule is CC(C)(C#N)CCCN1CC[C@@H](O)C1. The summed E-state index contributed by atoms with van der Waals surface area (Å²) >= 11 is 0. The van der Waals surface area contributed by atoms with Crippen molar-refractivity contribution < 1.29 is 5.11 Å². The number of aliphatic hydroxyl groups is 1. The Labute approximate surface area is 86.3 Å². The maximum absolute atomic E-state index is 9.31. The molecule has 0 bridgehead atoms. The number of likely N-dealkylation sites (tertiary alicyclic amines) is 1. The third-order valence-electron chi connectivity index (χ3n) is 2.83. The van der Waals surface area contributed by atoms with E-state index in [0.717, 1.165) is 38.9 Å². The van der Waals surface area contributed by atoms with E-state index >= 15 is 0 Å². The molecule has 1 fully saturated rings. The lowest BCUT2D eigenvalue weighted by Crippen LogP contribution is -2.24. The van der Waals surface area contributed by atoms with Gasteiger partial charge in [0, 0.05) is 13.1 Å². The van der Waals surface area contributed by atoms with Gasteiger partial charge >= 0.3 is 0 Å². The van der Waals surface area contributed by atoms with Crippen molar-refractivity contribution in [1.82, 2.24) is 4.90 Å². The summed E-state index contributed by atoms with van der Waals surface area (Å²) in [5, 5.41) is 18.1. The average molecular weight is 196 g/mol. The smallest absolute Gasteiger partial charge is 0.0683 e. The molecule has 80 valence electrons. The summed E-state index contributed by atoms with van der Waals surface area (Å²) in [7, 11) is 0. The Hall–Kier alpha value is -0.590. The highest BCUT2D eigenvalue weighted by molar-refractivity contribution is 4.91. The molecule has 1 rings (SSSR count). The molecule has 0 aliphatic carbocycles. The van der Waals surface area contributed by atoms with E-state index in [1.807, 2.05) is 13.8 Å². The Morgan fingerprint density at radius 1 is 1.57 bits per heavy atom. The van der Waals surface area contributed by atoms with E-state index in [4.69, 9.17) is 5.26 Å². The zero-order valence-corrected chi connectivity index (χ0v) is 9.16. The van der Waals surface area contributed by atoms with Crippen LogP contribution in [0, 0.1) is 16.7 Å². The number of nitrogens with zero attached hydrogens (tertiary/aromatic N) is 2. The fraction of sp³-hybridized carbons (Fsp3) is 0.909. The van der Waals surface area contributed by atoms with Gasteiger partial charge in [-0.1, -0.05) is 0 Å². The molecule has 1 aliphatic heterocycles. The normalized spacial score (nSPS) is 23.7. The number of β-amino-alcohol motifs (C(OH)–C–C–N with tert-alkyl or cyclic N) is 1. The fourth-order valence-corrected chi connectivity index (χ4v) is 1.82. The zero-order valence-electron chi connectivity index (χ0n) is 9.16. The third kappa shape index (κ3) is 3.65. The molecule has 0 radical (unpaired) electrons. The van der Waals surface area contributed by atoms with E-state index in [1.165, 1.54) is 0 Å². The van der Waals surface area contributed by atoms with Crippen LogP contribution >= 0.6 is 0 Å². The lowest BCUT2D eigenvalue weighted by molar-refractivity contribution is 0.175. The van der Waals surface area contributed by atoms with Crippen molar-refractivity contribution in [2.75, 3.05) is 19.6 Å². The van der Waals surface area contributed by atoms with E-state index < -0.39 is 0 Å². The van der Waals surface area contributed by atoms with Gasteiger partial charge in [0.1, 0.15) is 0 Å². The van der Waals surface area contributed by atoms with Crippen molar-refractivity contribution in [3.63, 3.8) is 0 Å². The van der Waals surface area contributed by atoms with Crippen LogP contribution in [0.2, 0.25) is 0 Å². The van der Waals surface area contributed by atoms with Gasteiger partial charge in [0.05, 0.1) is 17.6 Å². The van der Waals surface area contributed by atoms with Crippen LogP contribution < -0.4 is 0 Å². The predicted octanol–water partition coefficient (Wildman–Crippen LogP) is 1.38. The average Bonchev–Trinajstić information content (AvgIpc) is 2.51. The first-order chi connectivity index (χ1) is 6.53. The van der Waals surface area contributed by atoms with Gasteiger partial charge in [-0.2, -0.15) is 5.26 Å². The fourth-order valence-electron chi connectivity index (χ4n) is 1.82. The molecule has 1 saturated heterocycles. The van der Waals surface area contributed by atoms with E-state index in [0.29, 0.717) is 0 Å². The number of rotatable bonds is 4. The molecule has 14 heavy (non-hydrogen) atoms. The molecule has 1 heterocycles. The van der Waals surface area contributed by atoms with Gasteiger partial charge < -0.3 is 10.0 Å². The van der Waals surface area contributed by atoms with Crippen molar-refractivity contribution in [1.29, 1.82) is 5.26 Å². The van der Waals surface area contributed by atoms with E-state index in [9.17, 15) is 5.11 Å². The van der Waals surface area contributed by atoms with Crippen molar-refractivity contribution in [3.05, 3.63) is 0 Å². The predicted molar refractivity (Wildman–Crippen MR) is 55.7 cm³/mol. The monoisotopic (exact) mass is 196 g/mol. The van der Waals surface area contributed by atoms with Gasteiger partial charge in [0.15, 0.2) is 0 Å². The second-order valence-corrected chi connectivity index (χ2v) is 4.84. The number of aliphatic hydroxyl groups excluding tert-OH is 1. The first kappa shape index (κ1) is 11.5. The Kier molecular flexibility index (Phi) is 3.91. The van der Waals surface area contributed by atoms with Crippen LogP contribution in [-0.4, -0.2) is 35.7 Å². The molecule has 0 saturated carbocycles. The Morgan fingerprint density at radius 2 is 2.29 bits per heavy atom. The minimum atomic E-state index is -0.196. The summed E-state index contributed by atoms with van der Waals surface area (Å²) in [6, 6.07) is 2.31. The molecular formula is C11H20N2O. The molecule has 0 spiro atoms. The Bertz CT molecular complexity index is 220. The highest BCUT2D eigenvalue weighted by Crippen LogP contribution is 2.21. The summed E-state index contributed by atoms with van der Waals surface area (Å²) in [6.07, 6.45) is 2.77. The van der Waals surface area contributed by atoms with Crippen molar-refractivity contribution in [3.8, 4) is 6.07 Å². The standard InChI is InChI=1S/C11H20N2O/c1-11(2,9-12)5-3-6-13-7-4-10(14)8-13/h10,14H,3-8H2,1-2H3/t10-/m1/s1. The first-order valence-corrected chi connectivity index (χ1v) is 5.35. The molecule has 3 nitrogen and oxygen atoms in total. The molecule has 1 N–H and O–H groups in total. The summed E-state index contributed by atoms with van der Waals surface area (Å²) in [6.45, 7) is 6.79. The molecule has 0 aromatic carbocycles. The molecule has 1 atom stereocenters.